The molecule has 1 saturated heterocycles. The number of likely N-dealkylation sites (tertiary alicyclic amines) is 1. The van der Waals surface area contributed by atoms with Gasteiger partial charge in [0.15, 0.2) is 0 Å². The molecule has 1 fully saturated rings. The Labute approximate surface area is 126 Å². The Balaban J connectivity index is 2.07. The lowest BCUT2D eigenvalue weighted by Crippen LogP contribution is -2.41. The van der Waals surface area contributed by atoms with Crippen molar-refractivity contribution in [2.24, 2.45) is 5.73 Å². The number of nitrogens with zero attached hydrogens (tertiary/aromatic N) is 1. The van der Waals surface area contributed by atoms with Crippen LogP contribution in [0, 0.1) is 0 Å². The maximum atomic E-state index is 11.1. The van der Waals surface area contributed by atoms with E-state index in [0.29, 0.717) is 0 Å². The molecule has 6 heteroatoms. The second-order valence-electron chi connectivity index (χ2n) is 5.13. The van der Waals surface area contributed by atoms with E-state index >= 15 is 0 Å². The number of hydrogen-bond donors (Lipinski definition) is 2. The molecule has 0 spiro atoms. The molecule has 106 valence electrons. The van der Waals surface area contributed by atoms with Gasteiger partial charge in [-0.1, -0.05) is 0 Å². The second kappa shape index (κ2) is 6.35. The molecule has 3 unspecified atom stereocenters. The first kappa shape index (κ1) is 15.0. The molecule has 1 aromatic heterocycles. The average molecular weight is 346 g/mol. The Bertz CT molecular complexity index is 449. The molecule has 0 aromatic carbocycles. The van der Waals surface area contributed by atoms with Gasteiger partial charge in [0, 0.05) is 37.0 Å². The van der Waals surface area contributed by atoms with Gasteiger partial charge in [0.2, 0.25) is 5.91 Å². The topological polar surface area (TPSA) is 58.4 Å². The van der Waals surface area contributed by atoms with E-state index in [1.165, 1.54) is 4.88 Å². The van der Waals surface area contributed by atoms with Crippen LogP contribution in [0.1, 0.15) is 31.2 Å². The molecule has 1 aliphatic rings. The summed E-state index contributed by atoms with van der Waals surface area (Å²) in [4.78, 5) is 14.8. The van der Waals surface area contributed by atoms with Gasteiger partial charge in [-0.15, -0.1) is 11.3 Å². The van der Waals surface area contributed by atoms with Crippen molar-refractivity contribution in [3.63, 3.8) is 0 Å². The van der Waals surface area contributed by atoms with Crippen LogP contribution in [0.15, 0.2) is 15.9 Å². The first-order valence-electron chi connectivity index (χ1n) is 6.49. The largest absolute Gasteiger partial charge is 0.352 e. The van der Waals surface area contributed by atoms with Crippen LogP contribution in [0.4, 0.5) is 0 Å². The lowest BCUT2D eigenvalue weighted by atomic mass is 10.1. The van der Waals surface area contributed by atoms with Crippen molar-refractivity contribution in [2.75, 3.05) is 13.1 Å². The third kappa shape index (κ3) is 3.78. The van der Waals surface area contributed by atoms with Crippen molar-refractivity contribution in [3.8, 4) is 0 Å². The number of halogens is 1. The molecular weight excluding hydrogens is 326 g/mol. The summed E-state index contributed by atoms with van der Waals surface area (Å²) in [5, 5.41) is 2.99. The summed E-state index contributed by atoms with van der Waals surface area (Å²) < 4.78 is 1.13. The van der Waals surface area contributed by atoms with Crippen molar-refractivity contribution in [3.05, 3.63) is 20.8 Å². The zero-order valence-corrected chi connectivity index (χ0v) is 13.6. The van der Waals surface area contributed by atoms with Gasteiger partial charge in [0.25, 0.3) is 0 Å². The molecule has 0 radical (unpaired) electrons. The fraction of sp³-hybridized carbons (Fsp3) is 0.615. The molecule has 0 saturated carbocycles. The number of nitrogens with one attached hydrogen (secondary N) is 1. The highest BCUT2D eigenvalue weighted by Gasteiger charge is 2.32. The summed E-state index contributed by atoms with van der Waals surface area (Å²) in [7, 11) is 0. The molecule has 1 aliphatic heterocycles. The van der Waals surface area contributed by atoms with Crippen molar-refractivity contribution in [1.29, 1.82) is 0 Å². The van der Waals surface area contributed by atoms with E-state index in [9.17, 15) is 4.79 Å². The van der Waals surface area contributed by atoms with Crippen molar-refractivity contribution in [1.82, 2.24) is 10.2 Å². The van der Waals surface area contributed by atoms with Crippen molar-refractivity contribution >= 4 is 33.2 Å². The Morgan fingerprint density at radius 1 is 1.63 bits per heavy atom. The maximum Gasteiger partial charge on any atom is 0.217 e. The van der Waals surface area contributed by atoms with Gasteiger partial charge in [0.1, 0.15) is 0 Å². The Kier molecular flexibility index (Phi) is 5.00. The van der Waals surface area contributed by atoms with Gasteiger partial charge >= 0.3 is 0 Å². The van der Waals surface area contributed by atoms with E-state index in [0.717, 1.165) is 23.3 Å². The van der Waals surface area contributed by atoms with Crippen LogP contribution in [0.5, 0.6) is 0 Å². The van der Waals surface area contributed by atoms with E-state index in [1.807, 2.05) is 6.92 Å². The summed E-state index contributed by atoms with van der Waals surface area (Å²) in [6, 6.07) is 4.75. The minimum Gasteiger partial charge on any atom is -0.352 e. The van der Waals surface area contributed by atoms with Gasteiger partial charge < -0.3 is 11.1 Å². The van der Waals surface area contributed by atoms with E-state index in [-0.39, 0.29) is 24.0 Å². The highest BCUT2D eigenvalue weighted by atomic mass is 79.9. The Morgan fingerprint density at radius 2 is 2.37 bits per heavy atom. The van der Waals surface area contributed by atoms with Crippen LogP contribution in [0.2, 0.25) is 0 Å². The second-order valence-corrected chi connectivity index (χ2v) is 7.62. The lowest BCUT2D eigenvalue weighted by Gasteiger charge is -2.30. The number of rotatable bonds is 4. The number of hydrogen-bond acceptors (Lipinski definition) is 4. The van der Waals surface area contributed by atoms with E-state index < -0.39 is 0 Å². The van der Waals surface area contributed by atoms with Crippen LogP contribution in [0.3, 0.4) is 0 Å². The average Bonchev–Trinajstić information content (AvgIpc) is 2.88. The van der Waals surface area contributed by atoms with Crippen LogP contribution in [0.25, 0.3) is 0 Å². The number of thiophene rings is 1. The molecule has 19 heavy (non-hydrogen) atoms. The first-order chi connectivity index (χ1) is 8.97. The quantitative estimate of drug-likeness (QED) is 0.878. The molecule has 3 atom stereocenters. The van der Waals surface area contributed by atoms with Gasteiger partial charge in [-0.25, -0.2) is 0 Å². The van der Waals surface area contributed by atoms with Crippen LogP contribution in [-0.2, 0) is 4.79 Å². The monoisotopic (exact) mass is 345 g/mol. The van der Waals surface area contributed by atoms with E-state index in [1.54, 1.807) is 18.3 Å². The van der Waals surface area contributed by atoms with Crippen LogP contribution < -0.4 is 11.1 Å². The van der Waals surface area contributed by atoms with Crippen LogP contribution >= 0.6 is 27.3 Å². The summed E-state index contributed by atoms with van der Waals surface area (Å²) in [5.41, 5.74) is 6.17. The molecule has 2 heterocycles. The zero-order valence-electron chi connectivity index (χ0n) is 11.2. The highest BCUT2D eigenvalue weighted by molar-refractivity contribution is 9.11. The number of amides is 1. The van der Waals surface area contributed by atoms with Gasteiger partial charge in [-0.3, -0.25) is 9.69 Å². The fourth-order valence-corrected chi connectivity index (χ4v) is 4.38. The normalized spacial score (nSPS) is 23.3. The SMILES string of the molecule is CC(=O)NC1CCN(C(c2ccc(Br)s2)C(C)N)C1. The molecule has 2 rings (SSSR count). The van der Waals surface area contributed by atoms with Gasteiger partial charge in [0.05, 0.1) is 9.83 Å². The maximum absolute atomic E-state index is 11.1. The van der Waals surface area contributed by atoms with Crippen molar-refractivity contribution in [2.45, 2.75) is 38.4 Å². The Morgan fingerprint density at radius 3 is 2.89 bits per heavy atom. The molecule has 3 N–H and O–H groups in total. The fourth-order valence-electron chi connectivity index (χ4n) is 2.70. The van der Waals surface area contributed by atoms with Crippen molar-refractivity contribution < 1.29 is 4.79 Å². The highest BCUT2D eigenvalue weighted by Crippen LogP contribution is 2.34. The van der Waals surface area contributed by atoms with Crippen LogP contribution in [-0.4, -0.2) is 36.0 Å². The molecular formula is C13H20BrN3OS. The summed E-state index contributed by atoms with van der Waals surface area (Å²) >= 11 is 5.24. The molecule has 4 nitrogen and oxygen atoms in total. The third-order valence-electron chi connectivity index (χ3n) is 3.40. The molecule has 1 aromatic rings. The minimum absolute atomic E-state index is 0.0445. The number of carbonyl (C=O) groups excluding carboxylic acids is 1. The summed E-state index contributed by atoms with van der Waals surface area (Å²) in [5.74, 6) is 0.0445. The molecule has 0 aliphatic carbocycles. The number of carbonyl (C=O) groups is 1. The van der Waals surface area contributed by atoms with E-state index in [2.05, 4.69) is 38.3 Å². The van der Waals surface area contributed by atoms with Gasteiger partial charge in [-0.05, 0) is 41.4 Å². The minimum atomic E-state index is 0.0445. The lowest BCUT2D eigenvalue weighted by molar-refractivity contribution is -0.119. The predicted molar refractivity (Wildman–Crippen MR) is 82.2 cm³/mol. The summed E-state index contributed by atoms with van der Waals surface area (Å²) in [6.45, 7) is 5.47. The van der Waals surface area contributed by atoms with E-state index in [4.69, 9.17) is 5.73 Å². The molecule has 0 bridgehead atoms. The Hall–Kier alpha value is -0.430. The third-order valence-corrected chi connectivity index (χ3v) is 5.10. The zero-order chi connectivity index (χ0) is 14.0. The number of nitrogens with two attached hydrogens (primary N) is 1. The smallest absolute Gasteiger partial charge is 0.217 e. The first-order valence-corrected chi connectivity index (χ1v) is 8.10. The van der Waals surface area contributed by atoms with Gasteiger partial charge in [-0.2, -0.15) is 0 Å². The summed E-state index contributed by atoms with van der Waals surface area (Å²) in [6.07, 6.45) is 0.995. The standard InChI is InChI=1S/C13H20BrN3OS/c1-8(15)13(11-3-4-12(14)19-11)17-6-5-10(7-17)16-9(2)18/h3-4,8,10,13H,5-7,15H2,1-2H3,(H,16,18). The predicted octanol–water partition coefficient (Wildman–Crippen LogP) is 2.11. The molecule has 1 amide bonds.